The van der Waals surface area contributed by atoms with Gasteiger partial charge >= 0.3 is 5.69 Å². The summed E-state index contributed by atoms with van der Waals surface area (Å²) in [6, 6.07) is 4.27. The maximum Gasteiger partial charge on any atom is 0.330 e. The van der Waals surface area contributed by atoms with Crippen molar-refractivity contribution in [3.05, 3.63) is 28.3 Å². The molecule has 2 unspecified atom stereocenters. The van der Waals surface area contributed by atoms with Gasteiger partial charge in [0, 0.05) is 57.4 Å². The van der Waals surface area contributed by atoms with Crippen molar-refractivity contribution in [1.82, 2.24) is 29.2 Å². The van der Waals surface area contributed by atoms with E-state index in [0.29, 0.717) is 13.1 Å². The van der Waals surface area contributed by atoms with Crippen LogP contribution in [0.25, 0.3) is 11.2 Å². The molecule has 8 nitrogen and oxygen atoms in total. The molecule has 0 bridgehead atoms. The van der Waals surface area contributed by atoms with E-state index >= 15 is 0 Å². The molecule has 1 N–H and O–H groups in total. The molecule has 3 heterocycles. The summed E-state index contributed by atoms with van der Waals surface area (Å²) >= 11 is 0. The Morgan fingerprint density at radius 1 is 1.14 bits per heavy atom. The highest BCUT2D eigenvalue weighted by Gasteiger charge is 2.38. The van der Waals surface area contributed by atoms with Gasteiger partial charge in [0.25, 0.3) is 0 Å². The Bertz CT molecular complexity index is 1150. The third-order valence-corrected chi connectivity index (χ3v) is 8.36. The molecule has 2 aromatic heterocycles. The fraction of sp³-hybridized carbons (Fsp3) is 0.759. The normalized spacial score (nSPS) is 23.4. The molecule has 2 aliphatic rings. The first-order valence-corrected chi connectivity index (χ1v) is 14.2. The highest BCUT2D eigenvalue weighted by molar-refractivity contribution is 5.78. The number of aryl methyl sites for hydroxylation is 1. The van der Waals surface area contributed by atoms with E-state index in [-0.39, 0.29) is 34.4 Å². The van der Waals surface area contributed by atoms with Crippen LogP contribution < -0.4 is 11.0 Å². The Labute approximate surface area is 222 Å². The molecule has 1 aliphatic heterocycles. The number of rotatable bonds is 7. The van der Waals surface area contributed by atoms with E-state index in [1.165, 1.54) is 6.42 Å². The van der Waals surface area contributed by atoms with Gasteiger partial charge in [-0.15, -0.1) is 0 Å². The van der Waals surface area contributed by atoms with Gasteiger partial charge in [-0.2, -0.15) is 0 Å². The third kappa shape index (κ3) is 6.45. The largest absolute Gasteiger partial charge is 0.352 e. The number of carbonyl (C=O) groups excluding carboxylic acids is 1. The van der Waals surface area contributed by atoms with Crippen LogP contribution >= 0.6 is 0 Å². The second-order valence-corrected chi connectivity index (χ2v) is 13.3. The van der Waals surface area contributed by atoms with Crippen LogP contribution in [0.4, 0.5) is 0 Å². The number of pyridine rings is 1. The van der Waals surface area contributed by atoms with Crippen LogP contribution in [-0.2, 0) is 18.4 Å². The minimum absolute atomic E-state index is 0.000247. The first-order valence-electron chi connectivity index (χ1n) is 14.2. The van der Waals surface area contributed by atoms with Crippen molar-refractivity contribution >= 4 is 17.1 Å². The van der Waals surface area contributed by atoms with Crippen molar-refractivity contribution in [2.45, 2.75) is 85.7 Å². The zero-order valence-electron chi connectivity index (χ0n) is 24.1. The van der Waals surface area contributed by atoms with Gasteiger partial charge in [0.1, 0.15) is 0 Å². The lowest BCUT2D eigenvalue weighted by Crippen LogP contribution is -2.53. The van der Waals surface area contributed by atoms with Crippen LogP contribution in [0.1, 0.15) is 78.8 Å². The molecule has 2 atom stereocenters. The predicted molar refractivity (Wildman–Crippen MR) is 150 cm³/mol. The molecule has 1 amide bonds. The van der Waals surface area contributed by atoms with Crippen LogP contribution in [0, 0.1) is 10.8 Å². The molecule has 0 aromatic carbocycles. The van der Waals surface area contributed by atoms with Gasteiger partial charge in [0.15, 0.2) is 5.65 Å². The van der Waals surface area contributed by atoms with Crippen molar-refractivity contribution in [3.8, 4) is 0 Å². The highest BCUT2D eigenvalue weighted by Crippen LogP contribution is 2.42. The second kappa shape index (κ2) is 10.9. The van der Waals surface area contributed by atoms with Crippen molar-refractivity contribution in [1.29, 1.82) is 0 Å². The Morgan fingerprint density at radius 2 is 1.81 bits per heavy atom. The first-order chi connectivity index (χ1) is 17.4. The summed E-state index contributed by atoms with van der Waals surface area (Å²) in [5, 5.41) is 3.40. The molecule has 4 rings (SSSR count). The molecule has 2 aromatic rings. The zero-order valence-corrected chi connectivity index (χ0v) is 24.1. The maximum absolute atomic E-state index is 13.1. The molecule has 1 saturated heterocycles. The SMILES string of the molecule is CCCN1CCN(CC(=O)NC2CC(c3ccc4c(n3)n(C)c(=O)n4CC(C)(C)C)CCC2(C)C)CC1. The van der Waals surface area contributed by atoms with Crippen LogP contribution in [0.15, 0.2) is 16.9 Å². The third-order valence-electron chi connectivity index (χ3n) is 8.36. The van der Waals surface area contributed by atoms with Crippen molar-refractivity contribution in [2.24, 2.45) is 17.9 Å². The lowest BCUT2D eigenvalue weighted by molar-refractivity contribution is -0.124. The highest BCUT2D eigenvalue weighted by atomic mass is 16.2. The molecule has 8 heteroatoms. The molecule has 0 radical (unpaired) electrons. The Balaban J connectivity index is 1.45. The van der Waals surface area contributed by atoms with Crippen LogP contribution in [0.3, 0.4) is 0 Å². The van der Waals surface area contributed by atoms with E-state index in [1.54, 1.807) is 4.57 Å². The maximum atomic E-state index is 13.1. The summed E-state index contributed by atoms with van der Waals surface area (Å²) in [6.07, 6.45) is 4.12. The molecule has 37 heavy (non-hydrogen) atoms. The number of imidazole rings is 1. The second-order valence-electron chi connectivity index (χ2n) is 13.3. The predicted octanol–water partition coefficient (Wildman–Crippen LogP) is 3.59. The Morgan fingerprint density at radius 3 is 2.46 bits per heavy atom. The number of nitrogens with one attached hydrogen (secondary N) is 1. The monoisotopic (exact) mass is 512 g/mol. The number of nitrogens with zero attached hydrogens (tertiary/aromatic N) is 5. The van der Waals surface area contributed by atoms with Gasteiger partial charge in [0.2, 0.25) is 5.91 Å². The number of hydrogen-bond acceptors (Lipinski definition) is 5. The van der Waals surface area contributed by atoms with Gasteiger partial charge in [-0.3, -0.25) is 18.8 Å². The first kappa shape index (κ1) is 27.8. The summed E-state index contributed by atoms with van der Waals surface area (Å²) in [5.74, 6) is 0.397. The number of amides is 1. The molecule has 1 aliphatic carbocycles. The fourth-order valence-corrected chi connectivity index (χ4v) is 6.04. The van der Waals surface area contributed by atoms with Gasteiger partial charge in [-0.05, 0) is 55.2 Å². The van der Waals surface area contributed by atoms with Crippen LogP contribution in [0.5, 0.6) is 0 Å². The quantitative estimate of drug-likeness (QED) is 0.614. The average Bonchev–Trinajstić information content (AvgIpc) is 3.05. The summed E-state index contributed by atoms with van der Waals surface area (Å²) in [7, 11) is 1.82. The Hall–Kier alpha value is -2.19. The van der Waals surface area contributed by atoms with Crippen LogP contribution in [0.2, 0.25) is 0 Å². The minimum atomic E-state index is -0.0139. The summed E-state index contributed by atoms with van der Waals surface area (Å²) in [5.41, 5.74) is 2.70. The summed E-state index contributed by atoms with van der Waals surface area (Å²) < 4.78 is 3.53. The molecular weight excluding hydrogens is 464 g/mol. The molecule has 2 fully saturated rings. The molecular formula is C29H48N6O2. The van der Waals surface area contributed by atoms with E-state index < -0.39 is 0 Å². The minimum Gasteiger partial charge on any atom is -0.352 e. The number of hydrogen-bond donors (Lipinski definition) is 1. The number of fused-ring (bicyclic) bond motifs is 1. The lowest BCUT2D eigenvalue weighted by Gasteiger charge is -2.43. The smallest absolute Gasteiger partial charge is 0.330 e. The van der Waals surface area contributed by atoms with Crippen LogP contribution in [-0.4, -0.2) is 75.1 Å². The van der Waals surface area contributed by atoms with E-state index in [4.69, 9.17) is 4.98 Å². The van der Waals surface area contributed by atoms with E-state index in [9.17, 15) is 9.59 Å². The topological polar surface area (TPSA) is 75.4 Å². The average molecular weight is 513 g/mol. The van der Waals surface area contributed by atoms with E-state index in [0.717, 1.165) is 68.8 Å². The van der Waals surface area contributed by atoms with Crippen molar-refractivity contribution in [2.75, 3.05) is 39.3 Å². The lowest BCUT2D eigenvalue weighted by atomic mass is 9.68. The summed E-state index contributed by atoms with van der Waals surface area (Å²) in [6.45, 7) is 19.5. The summed E-state index contributed by atoms with van der Waals surface area (Å²) in [4.78, 5) is 35.8. The van der Waals surface area contributed by atoms with Gasteiger partial charge in [-0.1, -0.05) is 41.5 Å². The fourth-order valence-electron chi connectivity index (χ4n) is 6.04. The van der Waals surface area contributed by atoms with Gasteiger partial charge in [0.05, 0.1) is 12.1 Å². The van der Waals surface area contributed by atoms with E-state index in [2.05, 4.69) is 68.8 Å². The molecule has 0 spiro atoms. The zero-order chi connectivity index (χ0) is 27.0. The number of piperazine rings is 1. The van der Waals surface area contributed by atoms with Crippen molar-refractivity contribution < 1.29 is 4.79 Å². The molecule has 1 saturated carbocycles. The van der Waals surface area contributed by atoms with Crippen molar-refractivity contribution in [3.63, 3.8) is 0 Å². The standard InChI is InChI=1S/C29H48N6O2/c1-8-13-33-14-16-34(17-15-33)19-25(36)31-24-18-21(11-12-29(24,5)6)22-9-10-23-26(30-22)32(7)27(37)35(23)20-28(2,3)4/h9-10,21,24H,8,11-20H2,1-7H3,(H,31,36). The molecule has 206 valence electrons. The number of aromatic nitrogens is 3. The van der Waals surface area contributed by atoms with E-state index in [1.807, 2.05) is 11.6 Å². The Kier molecular flexibility index (Phi) is 8.19. The van der Waals surface area contributed by atoms with Gasteiger partial charge in [-0.25, -0.2) is 9.78 Å². The van der Waals surface area contributed by atoms with Gasteiger partial charge < -0.3 is 10.2 Å². The number of carbonyl (C=O) groups is 1.